The Morgan fingerprint density at radius 1 is 0.750 bits per heavy atom. The summed E-state index contributed by atoms with van der Waals surface area (Å²) in [6, 6.07) is 24.2. The standard InChI is InChI=1S/C17H15BN2/c19-18(14-8-2-1-3-9-14)16-11-5-4-10-15(16)17-12-6-7-13-20-17/h1-13H,19H2. The monoisotopic (exact) mass is 258 g/mol. The molecule has 0 bridgehead atoms. The SMILES string of the molecule is NB(c1ccccc1)c1ccccc1-c1ccccn1. The number of pyridine rings is 1. The second kappa shape index (κ2) is 5.72. The largest absolute Gasteiger partial charge is 0.362 e. The summed E-state index contributed by atoms with van der Waals surface area (Å²) >= 11 is 0. The average molecular weight is 258 g/mol. The molecule has 20 heavy (non-hydrogen) atoms. The Kier molecular flexibility index (Phi) is 3.61. The zero-order valence-electron chi connectivity index (χ0n) is 11.1. The molecule has 0 aliphatic carbocycles. The van der Waals surface area contributed by atoms with Crippen molar-refractivity contribution in [2.45, 2.75) is 0 Å². The van der Waals surface area contributed by atoms with Gasteiger partial charge in [-0.3, -0.25) is 4.98 Å². The molecule has 0 amide bonds. The van der Waals surface area contributed by atoms with Crippen molar-refractivity contribution in [2.75, 3.05) is 0 Å². The van der Waals surface area contributed by atoms with Gasteiger partial charge in [0.1, 0.15) is 0 Å². The van der Waals surface area contributed by atoms with Crippen molar-refractivity contribution in [3.05, 3.63) is 79.0 Å². The fourth-order valence-electron chi connectivity index (χ4n) is 2.36. The highest BCUT2D eigenvalue weighted by molar-refractivity contribution is 6.83. The van der Waals surface area contributed by atoms with Crippen LogP contribution in [-0.4, -0.2) is 11.8 Å². The first-order chi connectivity index (χ1) is 9.86. The normalized spacial score (nSPS) is 10.2. The second-order valence-corrected chi connectivity index (χ2v) is 4.69. The van der Waals surface area contributed by atoms with Gasteiger partial charge in [-0.2, -0.15) is 0 Å². The van der Waals surface area contributed by atoms with Gasteiger partial charge in [0, 0.05) is 6.20 Å². The summed E-state index contributed by atoms with van der Waals surface area (Å²) < 4.78 is 0. The summed E-state index contributed by atoms with van der Waals surface area (Å²) in [4.78, 5) is 4.43. The summed E-state index contributed by atoms with van der Waals surface area (Å²) in [5.74, 6) is 0. The van der Waals surface area contributed by atoms with Gasteiger partial charge in [-0.15, -0.1) is 0 Å². The van der Waals surface area contributed by atoms with Gasteiger partial charge < -0.3 is 5.64 Å². The third kappa shape index (κ3) is 2.49. The number of hydrogen-bond acceptors (Lipinski definition) is 2. The molecular formula is C17H15BN2. The lowest BCUT2D eigenvalue weighted by Gasteiger charge is -2.13. The molecule has 0 aliphatic heterocycles. The maximum Gasteiger partial charge on any atom is 0.287 e. The van der Waals surface area contributed by atoms with E-state index in [-0.39, 0.29) is 6.85 Å². The first-order valence-corrected chi connectivity index (χ1v) is 6.67. The molecule has 0 radical (unpaired) electrons. The van der Waals surface area contributed by atoms with E-state index in [1.54, 1.807) is 6.20 Å². The van der Waals surface area contributed by atoms with E-state index in [0.29, 0.717) is 0 Å². The van der Waals surface area contributed by atoms with E-state index in [2.05, 4.69) is 29.2 Å². The Hall–Kier alpha value is -2.39. The van der Waals surface area contributed by atoms with Crippen LogP contribution in [0.3, 0.4) is 0 Å². The van der Waals surface area contributed by atoms with Crippen LogP contribution in [0.25, 0.3) is 11.3 Å². The molecule has 0 unspecified atom stereocenters. The van der Waals surface area contributed by atoms with E-state index < -0.39 is 0 Å². The topological polar surface area (TPSA) is 38.9 Å². The highest BCUT2D eigenvalue weighted by Gasteiger charge is 2.18. The fourth-order valence-corrected chi connectivity index (χ4v) is 2.36. The fraction of sp³-hybridized carbons (Fsp3) is 0. The van der Waals surface area contributed by atoms with Crippen LogP contribution >= 0.6 is 0 Å². The molecule has 96 valence electrons. The number of rotatable bonds is 3. The van der Waals surface area contributed by atoms with E-state index in [4.69, 9.17) is 5.64 Å². The Balaban J connectivity index is 2.07. The molecule has 0 spiro atoms. The quantitative estimate of drug-likeness (QED) is 0.728. The lowest BCUT2D eigenvalue weighted by molar-refractivity contribution is 1.33. The smallest absolute Gasteiger partial charge is 0.287 e. The zero-order chi connectivity index (χ0) is 13.8. The van der Waals surface area contributed by atoms with Gasteiger partial charge in [0.15, 0.2) is 0 Å². The predicted octanol–water partition coefficient (Wildman–Crippen LogP) is 1.81. The van der Waals surface area contributed by atoms with Crippen LogP contribution in [0, 0.1) is 0 Å². The van der Waals surface area contributed by atoms with Crippen LogP contribution in [0.1, 0.15) is 0 Å². The maximum absolute atomic E-state index is 6.43. The predicted molar refractivity (Wildman–Crippen MR) is 85.3 cm³/mol. The van der Waals surface area contributed by atoms with Gasteiger partial charge in [0.05, 0.1) is 5.69 Å². The van der Waals surface area contributed by atoms with Crippen LogP contribution in [-0.2, 0) is 0 Å². The van der Waals surface area contributed by atoms with Crippen LogP contribution in [0.15, 0.2) is 79.0 Å². The van der Waals surface area contributed by atoms with E-state index in [1.165, 1.54) is 0 Å². The second-order valence-electron chi connectivity index (χ2n) is 4.69. The van der Waals surface area contributed by atoms with Crippen molar-refractivity contribution >= 4 is 17.8 Å². The molecule has 3 aromatic rings. The first-order valence-electron chi connectivity index (χ1n) is 6.67. The van der Waals surface area contributed by atoms with Crippen molar-refractivity contribution in [2.24, 2.45) is 5.64 Å². The molecule has 0 saturated carbocycles. The van der Waals surface area contributed by atoms with Crippen LogP contribution in [0.2, 0.25) is 0 Å². The van der Waals surface area contributed by atoms with Crippen molar-refractivity contribution in [1.82, 2.24) is 4.98 Å². The summed E-state index contributed by atoms with van der Waals surface area (Å²) in [6.45, 7) is -0.144. The Morgan fingerprint density at radius 2 is 1.45 bits per heavy atom. The number of benzene rings is 2. The van der Waals surface area contributed by atoms with Gasteiger partial charge in [0.25, 0.3) is 6.85 Å². The summed E-state index contributed by atoms with van der Waals surface area (Å²) in [5, 5.41) is 0. The van der Waals surface area contributed by atoms with Crippen molar-refractivity contribution < 1.29 is 0 Å². The number of nitrogens with zero attached hydrogens (tertiary/aromatic N) is 1. The summed E-state index contributed by atoms with van der Waals surface area (Å²) in [7, 11) is 0. The van der Waals surface area contributed by atoms with E-state index in [1.807, 2.05) is 48.5 Å². The van der Waals surface area contributed by atoms with Gasteiger partial charge in [-0.25, -0.2) is 0 Å². The number of hydrogen-bond donors (Lipinski definition) is 1. The van der Waals surface area contributed by atoms with Gasteiger partial charge in [-0.05, 0) is 23.2 Å². The molecule has 0 aliphatic rings. The minimum Gasteiger partial charge on any atom is -0.362 e. The Bertz CT molecular complexity index is 684. The van der Waals surface area contributed by atoms with Gasteiger partial charge in [-0.1, -0.05) is 66.1 Å². The summed E-state index contributed by atoms with van der Waals surface area (Å²) in [5.41, 5.74) is 10.7. The third-order valence-electron chi connectivity index (χ3n) is 3.40. The molecule has 1 aromatic heterocycles. The van der Waals surface area contributed by atoms with Crippen LogP contribution in [0.4, 0.5) is 0 Å². The molecule has 2 N–H and O–H groups in total. The van der Waals surface area contributed by atoms with Crippen LogP contribution in [0.5, 0.6) is 0 Å². The van der Waals surface area contributed by atoms with Crippen molar-refractivity contribution in [1.29, 1.82) is 0 Å². The van der Waals surface area contributed by atoms with E-state index in [0.717, 1.165) is 22.2 Å². The minimum absolute atomic E-state index is 0.144. The molecule has 3 rings (SSSR count). The van der Waals surface area contributed by atoms with Crippen LogP contribution < -0.4 is 16.6 Å². The highest BCUT2D eigenvalue weighted by Crippen LogP contribution is 2.13. The Labute approximate surface area is 119 Å². The molecular weight excluding hydrogens is 243 g/mol. The zero-order valence-corrected chi connectivity index (χ0v) is 11.1. The molecule has 0 fully saturated rings. The number of aromatic nitrogens is 1. The molecule has 0 atom stereocenters. The number of nitrogens with two attached hydrogens (primary N) is 1. The third-order valence-corrected chi connectivity index (χ3v) is 3.40. The lowest BCUT2D eigenvalue weighted by atomic mass is 9.51. The lowest BCUT2D eigenvalue weighted by Crippen LogP contribution is -2.51. The summed E-state index contributed by atoms with van der Waals surface area (Å²) in [6.07, 6.45) is 1.81. The maximum atomic E-state index is 6.43. The molecule has 2 nitrogen and oxygen atoms in total. The molecule has 3 heteroatoms. The molecule has 2 aromatic carbocycles. The average Bonchev–Trinajstić information content (AvgIpc) is 2.56. The highest BCUT2D eigenvalue weighted by atomic mass is 14.7. The van der Waals surface area contributed by atoms with Gasteiger partial charge in [0.2, 0.25) is 0 Å². The minimum atomic E-state index is -0.144. The first kappa shape index (κ1) is 12.6. The molecule has 0 saturated heterocycles. The van der Waals surface area contributed by atoms with Crippen molar-refractivity contribution in [3.63, 3.8) is 0 Å². The molecule has 1 heterocycles. The Morgan fingerprint density at radius 3 is 2.20 bits per heavy atom. The van der Waals surface area contributed by atoms with E-state index in [9.17, 15) is 0 Å². The van der Waals surface area contributed by atoms with Crippen molar-refractivity contribution in [3.8, 4) is 11.3 Å². The van der Waals surface area contributed by atoms with E-state index >= 15 is 0 Å². The van der Waals surface area contributed by atoms with Gasteiger partial charge >= 0.3 is 0 Å².